The number of hydrogen-bond acceptors (Lipinski definition) is 2. The molecular weight excluding hydrogens is 238 g/mol. The van der Waals surface area contributed by atoms with Crippen LogP contribution in [0.5, 0.6) is 0 Å². The SMILES string of the molecule is O=C1NN=C(C2CC2)/C1=C\c1cc2ccccc2[nH]1. The van der Waals surface area contributed by atoms with Crippen LogP contribution in [0, 0.1) is 5.92 Å². The van der Waals surface area contributed by atoms with Gasteiger partial charge in [-0.25, -0.2) is 5.43 Å². The molecule has 0 saturated heterocycles. The molecule has 1 fully saturated rings. The lowest BCUT2D eigenvalue weighted by atomic mass is 10.1. The molecule has 0 unspecified atom stereocenters. The van der Waals surface area contributed by atoms with Crippen LogP contribution in [-0.2, 0) is 4.79 Å². The summed E-state index contributed by atoms with van der Waals surface area (Å²) in [6.07, 6.45) is 4.18. The zero-order valence-electron chi connectivity index (χ0n) is 10.3. The number of aromatic amines is 1. The van der Waals surface area contributed by atoms with E-state index in [1.165, 1.54) is 0 Å². The highest BCUT2D eigenvalue weighted by molar-refractivity contribution is 6.28. The Hall–Kier alpha value is -2.36. The monoisotopic (exact) mass is 251 g/mol. The van der Waals surface area contributed by atoms with Crippen molar-refractivity contribution in [3.63, 3.8) is 0 Å². The van der Waals surface area contributed by atoms with Crippen LogP contribution in [0.4, 0.5) is 0 Å². The average molecular weight is 251 g/mol. The summed E-state index contributed by atoms with van der Waals surface area (Å²) in [7, 11) is 0. The van der Waals surface area contributed by atoms with Gasteiger partial charge in [0.05, 0.1) is 11.3 Å². The zero-order valence-corrected chi connectivity index (χ0v) is 10.3. The predicted molar refractivity (Wildman–Crippen MR) is 74.6 cm³/mol. The van der Waals surface area contributed by atoms with Crippen LogP contribution in [0.1, 0.15) is 18.5 Å². The third-order valence-corrected chi connectivity index (χ3v) is 3.61. The van der Waals surface area contributed by atoms with E-state index in [0.29, 0.717) is 11.5 Å². The minimum Gasteiger partial charge on any atom is -0.355 e. The Kier molecular flexibility index (Phi) is 2.12. The van der Waals surface area contributed by atoms with Crippen molar-refractivity contribution in [2.45, 2.75) is 12.8 Å². The van der Waals surface area contributed by atoms with E-state index in [1.54, 1.807) is 0 Å². The minimum absolute atomic E-state index is 0.0967. The van der Waals surface area contributed by atoms with Crippen LogP contribution >= 0.6 is 0 Å². The van der Waals surface area contributed by atoms with Crippen LogP contribution in [0.15, 0.2) is 41.0 Å². The Morgan fingerprint density at radius 1 is 1.26 bits per heavy atom. The van der Waals surface area contributed by atoms with Crippen molar-refractivity contribution in [3.8, 4) is 0 Å². The maximum Gasteiger partial charge on any atom is 0.273 e. The van der Waals surface area contributed by atoms with Gasteiger partial charge in [0.1, 0.15) is 0 Å². The lowest BCUT2D eigenvalue weighted by molar-refractivity contribution is -0.116. The number of hydrogen-bond donors (Lipinski definition) is 2. The van der Waals surface area contributed by atoms with Gasteiger partial charge in [0.2, 0.25) is 0 Å². The molecule has 1 aromatic heterocycles. The topological polar surface area (TPSA) is 57.2 Å². The summed E-state index contributed by atoms with van der Waals surface area (Å²) in [4.78, 5) is 15.1. The summed E-state index contributed by atoms with van der Waals surface area (Å²) in [5.41, 5.74) is 6.21. The number of amides is 1. The largest absolute Gasteiger partial charge is 0.355 e. The molecule has 19 heavy (non-hydrogen) atoms. The molecule has 0 atom stereocenters. The standard InChI is InChI=1S/C15H13N3O/c19-15-12(14(17-18-15)9-5-6-9)8-11-7-10-3-1-2-4-13(10)16-11/h1-4,7-9,16H,5-6H2,(H,18,19)/b12-8+. The van der Waals surface area contributed by atoms with Gasteiger partial charge in [-0.2, -0.15) is 5.10 Å². The summed E-state index contributed by atoms with van der Waals surface area (Å²) in [5, 5.41) is 5.30. The van der Waals surface area contributed by atoms with E-state index >= 15 is 0 Å². The predicted octanol–water partition coefficient (Wildman–Crippen LogP) is 2.45. The van der Waals surface area contributed by atoms with E-state index in [0.717, 1.165) is 35.2 Å². The van der Waals surface area contributed by atoms with Crippen LogP contribution in [0.25, 0.3) is 17.0 Å². The lowest BCUT2D eigenvalue weighted by Crippen LogP contribution is -2.13. The number of nitrogens with zero attached hydrogens (tertiary/aromatic N) is 1. The van der Waals surface area contributed by atoms with Crippen LogP contribution < -0.4 is 5.43 Å². The van der Waals surface area contributed by atoms with Gasteiger partial charge in [-0.1, -0.05) is 18.2 Å². The second-order valence-corrected chi connectivity index (χ2v) is 5.08. The number of carbonyl (C=O) groups excluding carboxylic acids is 1. The fourth-order valence-electron chi connectivity index (χ4n) is 2.48. The molecule has 4 nitrogen and oxygen atoms in total. The number of nitrogens with one attached hydrogen (secondary N) is 2. The number of para-hydroxylation sites is 1. The lowest BCUT2D eigenvalue weighted by Gasteiger charge is -1.97. The maximum atomic E-state index is 11.8. The summed E-state index contributed by atoms with van der Waals surface area (Å²) < 4.78 is 0. The molecule has 1 aliphatic heterocycles. The molecule has 0 bridgehead atoms. The maximum absolute atomic E-state index is 11.8. The van der Waals surface area contributed by atoms with Crippen LogP contribution in [0.3, 0.4) is 0 Å². The van der Waals surface area contributed by atoms with E-state index in [9.17, 15) is 4.79 Å². The molecule has 0 radical (unpaired) electrons. The van der Waals surface area contributed by atoms with Gasteiger partial charge in [-0.3, -0.25) is 4.79 Å². The van der Waals surface area contributed by atoms with Crippen LogP contribution in [-0.4, -0.2) is 16.6 Å². The first-order valence-electron chi connectivity index (χ1n) is 6.49. The van der Waals surface area contributed by atoms with Crippen molar-refractivity contribution >= 4 is 28.6 Å². The first-order valence-corrected chi connectivity index (χ1v) is 6.49. The fraction of sp³-hybridized carbons (Fsp3) is 0.200. The summed E-state index contributed by atoms with van der Waals surface area (Å²) >= 11 is 0. The van der Waals surface area contributed by atoms with E-state index in [1.807, 2.05) is 24.3 Å². The van der Waals surface area contributed by atoms with Crippen molar-refractivity contribution in [3.05, 3.63) is 41.6 Å². The molecule has 2 aliphatic rings. The van der Waals surface area contributed by atoms with E-state index in [4.69, 9.17) is 0 Å². The van der Waals surface area contributed by atoms with Crippen molar-refractivity contribution in [1.82, 2.24) is 10.4 Å². The number of hydrazone groups is 1. The van der Waals surface area contributed by atoms with Crippen molar-refractivity contribution in [2.24, 2.45) is 11.0 Å². The van der Waals surface area contributed by atoms with Crippen LogP contribution in [0.2, 0.25) is 0 Å². The van der Waals surface area contributed by atoms with Gasteiger partial charge >= 0.3 is 0 Å². The molecule has 1 aromatic carbocycles. The Morgan fingerprint density at radius 2 is 2.11 bits per heavy atom. The molecule has 4 heteroatoms. The molecule has 2 heterocycles. The summed E-state index contributed by atoms with van der Waals surface area (Å²) in [6.45, 7) is 0. The van der Waals surface area contributed by atoms with Crippen molar-refractivity contribution in [2.75, 3.05) is 0 Å². The van der Waals surface area contributed by atoms with Gasteiger partial charge in [0.25, 0.3) is 5.91 Å². The third kappa shape index (κ3) is 1.76. The number of benzene rings is 1. The number of fused-ring (bicyclic) bond motifs is 1. The van der Waals surface area contributed by atoms with E-state index in [-0.39, 0.29) is 5.91 Å². The normalized spacial score (nSPS) is 20.9. The van der Waals surface area contributed by atoms with Gasteiger partial charge in [0, 0.05) is 17.1 Å². The molecule has 1 aliphatic carbocycles. The van der Waals surface area contributed by atoms with Crippen molar-refractivity contribution in [1.29, 1.82) is 0 Å². The fourth-order valence-corrected chi connectivity index (χ4v) is 2.48. The zero-order chi connectivity index (χ0) is 12.8. The molecule has 1 saturated carbocycles. The Bertz CT molecular complexity index is 702. The number of H-pyrrole nitrogens is 1. The molecule has 94 valence electrons. The second kappa shape index (κ2) is 3.82. The number of aromatic nitrogens is 1. The molecule has 4 rings (SSSR count). The Balaban J connectivity index is 1.77. The van der Waals surface area contributed by atoms with Crippen molar-refractivity contribution < 1.29 is 4.79 Å². The van der Waals surface area contributed by atoms with Gasteiger partial charge in [0.15, 0.2) is 0 Å². The molecule has 0 spiro atoms. The number of carbonyl (C=O) groups is 1. The first-order chi connectivity index (χ1) is 9.31. The smallest absolute Gasteiger partial charge is 0.273 e. The average Bonchev–Trinajstić information content (AvgIpc) is 3.07. The van der Waals surface area contributed by atoms with Gasteiger partial charge in [-0.05, 0) is 36.4 Å². The highest BCUT2D eigenvalue weighted by Gasteiger charge is 2.35. The van der Waals surface area contributed by atoms with E-state index in [2.05, 4.69) is 27.6 Å². The first kappa shape index (κ1) is 10.6. The third-order valence-electron chi connectivity index (χ3n) is 3.61. The quantitative estimate of drug-likeness (QED) is 0.791. The second-order valence-electron chi connectivity index (χ2n) is 5.08. The van der Waals surface area contributed by atoms with Gasteiger partial charge in [-0.15, -0.1) is 0 Å². The Morgan fingerprint density at radius 3 is 2.89 bits per heavy atom. The molecule has 1 amide bonds. The minimum atomic E-state index is -0.0967. The van der Waals surface area contributed by atoms with E-state index < -0.39 is 0 Å². The Labute approximate surface area is 110 Å². The number of rotatable bonds is 2. The van der Waals surface area contributed by atoms with Gasteiger partial charge < -0.3 is 4.98 Å². The molecular formula is C15H13N3O. The summed E-state index contributed by atoms with van der Waals surface area (Å²) in [6, 6.07) is 10.1. The molecule has 2 aromatic rings. The summed E-state index contributed by atoms with van der Waals surface area (Å²) in [5.74, 6) is 0.370. The highest BCUT2D eigenvalue weighted by atomic mass is 16.2. The molecule has 2 N–H and O–H groups in total. The highest BCUT2D eigenvalue weighted by Crippen LogP contribution is 2.35.